The molecular weight excluding hydrogens is 94.1 g/mol. The highest BCUT2D eigenvalue weighted by molar-refractivity contribution is 7.47. The molecule has 0 N–H and O–H groups in total. The van der Waals surface area contributed by atoms with E-state index in [1.807, 2.05) is 0 Å². The molecule has 1 nitrogen and oxygen atoms in total. The van der Waals surface area contributed by atoms with Crippen molar-refractivity contribution in [1.82, 2.24) is 0 Å². The van der Waals surface area contributed by atoms with Gasteiger partial charge in [0.15, 0.2) is 0 Å². The summed E-state index contributed by atoms with van der Waals surface area (Å²) in [7, 11) is 0. The van der Waals surface area contributed by atoms with Crippen LogP contribution in [0.2, 0.25) is 0 Å². The minimum atomic E-state index is 0.556. The molecule has 0 heterocycles. The highest BCUT2D eigenvalue weighted by Gasteiger charge is 2.14. The molecule has 0 bridgehead atoms. The third-order valence-electron chi connectivity index (χ3n) is 1.22. The molecule has 0 saturated heterocycles. The lowest BCUT2D eigenvalue weighted by Gasteiger charge is -2.17. The van der Waals surface area contributed by atoms with E-state index in [4.69, 9.17) is 0 Å². The topological polar surface area (TPSA) is 12.4 Å². The molecule has 6 heavy (non-hydrogen) atoms. The minimum Gasteiger partial charge on any atom is -0.216 e. The van der Waals surface area contributed by atoms with Crippen LogP contribution in [-0.2, 0) is 12.4 Å². The summed E-state index contributed by atoms with van der Waals surface area (Å²) in [6.07, 6.45) is 3.82. The first-order valence-electron chi connectivity index (χ1n) is 2.26. The third kappa shape index (κ3) is 0.570. The van der Waals surface area contributed by atoms with Crippen molar-refractivity contribution in [3.05, 3.63) is 0 Å². The lowest BCUT2D eigenvalue weighted by atomic mass is 9.95. The molecule has 1 aliphatic rings. The van der Waals surface area contributed by atoms with Gasteiger partial charge < -0.3 is 0 Å². The van der Waals surface area contributed by atoms with Crippen LogP contribution in [0.1, 0.15) is 19.3 Å². The van der Waals surface area contributed by atoms with Crippen LogP contribution >= 0.6 is 0 Å². The Kier molecular flexibility index (Phi) is 1.15. The Bertz CT molecular complexity index is 58.6. The van der Waals surface area contributed by atoms with Gasteiger partial charge in [-0.2, -0.15) is 0 Å². The molecule has 0 aromatic heterocycles. The van der Waals surface area contributed by atoms with Crippen molar-refractivity contribution < 1.29 is 0 Å². The second-order valence-corrected chi connectivity index (χ2v) is 1.90. The summed E-state index contributed by atoms with van der Waals surface area (Å²) in [6, 6.07) is 0.556. The first-order valence-corrected chi connectivity index (χ1v) is 2.62. The van der Waals surface area contributed by atoms with Crippen LogP contribution in [-0.4, -0.2) is 6.04 Å². The molecule has 0 aromatic rings. The van der Waals surface area contributed by atoms with Gasteiger partial charge in [0.05, 0.1) is 6.04 Å². The minimum absolute atomic E-state index is 0.556. The molecule has 0 unspecified atom stereocenters. The molecule has 1 rings (SSSR count). The van der Waals surface area contributed by atoms with Crippen LogP contribution < -0.4 is 0 Å². The lowest BCUT2D eigenvalue weighted by Crippen LogP contribution is -2.13. The molecule has 0 aromatic carbocycles. The highest BCUT2D eigenvalue weighted by atomic mass is 32.1. The van der Waals surface area contributed by atoms with Gasteiger partial charge in [-0.1, -0.05) is 0 Å². The molecular formula is C4H7NS. The van der Waals surface area contributed by atoms with Gasteiger partial charge in [-0.25, -0.2) is 4.36 Å². The molecule has 0 radical (unpaired) electrons. The molecule has 1 aliphatic carbocycles. The Balaban J connectivity index is 2.16. The maximum atomic E-state index is 4.45. The molecule has 1 saturated carbocycles. The lowest BCUT2D eigenvalue weighted by molar-refractivity contribution is 0.425. The summed E-state index contributed by atoms with van der Waals surface area (Å²) in [5.41, 5.74) is 0. The third-order valence-corrected chi connectivity index (χ3v) is 1.52. The molecule has 2 heteroatoms. The Morgan fingerprint density at radius 2 is 2.17 bits per heavy atom. The smallest absolute Gasteiger partial charge is 0.0630 e. The van der Waals surface area contributed by atoms with Gasteiger partial charge in [0, 0.05) is 12.4 Å². The summed E-state index contributed by atoms with van der Waals surface area (Å²) >= 11 is 4.45. The predicted molar refractivity (Wildman–Crippen MR) is 27.4 cm³/mol. The van der Waals surface area contributed by atoms with Gasteiger partial charge in [0.25, 0.3) is 0 Å². The van der Waals surface area contributed by atoms with E-state index in [2.05, 4.69) is 16.8 Å². The molecule has 0 spiro atoms. The molecule has 0 atom stereocenters. The Hall–Kier alpha value is 0.0200. The van der Waals surface area contributed by atoms with E-state index >= 15 is 0 Å². The summed E-state index contributed by atoms with van der Waals surface area (Å²) in [5.74, 6) is 0. The zero-order valence-electron chi connectivity index (χ0n) is 3.55. The van der Waals surface area contributed by atoms with Gasteiger partial charge in [-0.15, -0.1) is 0 Å². The Labute approximate surface area is 42.9 Å². The van der Waals surface area contributed by atoms with Gasteiger partial charge in [0.1, 0.15) is 0 Å². The average Bonchev–Trinajstić information content (AvgIpc) is 1.31. The van der Waals surface area contributed by atoms with E-state index in [0.29, 0.717) is 6.04 Å². The fraction of sp³-hybridized carbons (Fsp3) is 1.00. The Morgan fingerprint density at radius 3 is 2.17 bits per heavy atom. The van der Waals surface area contributed by atoms with Crippen molar-refractivity contribution in [2.24, 2.45) is 4.36 Å². The fourth-order valence-electron chi connectivity index (χ4n) is 0.492. The van der Waals surface area contributed by atoms with E-state index in [1.165, 1.54) is 19.3 Å². The summed E-state index contributed by atoms with van der Waals surface area (Å²) in [6.45, 7) is 0. The first kappa shape index (κ1) is 4.19. The fourth-order valence-corrected chi connectivity index (χ4v) is 0.703. The second-order valence-electron chi connectivity index (χ2n) is 1.69. The van der Waals surface area contributed by atoms with Crippen LogP contribution in [0.3, 0.4) is 0 Å². The van der Waals surface area contributed by atoms with E-state index in [-0.39, 0.29) is 0 Å². The van der Waals surface area contributed by atoms with Crippen molar-refractivity contribution in [3.63, 3.8) is 0 Å². The van der Waals surface area contributed by atoms with Crippen LogP contribution in [0.25, 0.3) is 0 Å². The van der Waals surface area contributed by atoms with Gasteiger partial charge in [-0.3, -0.25) is 0 Å². The van der Waals surface area contributed by atoms with Gasteiger partial charge >= 0.3 is 0 Å². The Morgan fingerprint density at radius 1 is 1.50 bits per heavy atom. The average molecular weight is 101 g/mol. The summed E-state index contributed by atoms with van der Waals surface area (Å²) in [4.78, 5) is 0. The maximum Gasteiger partial charge on any atom is 0.0630 e. The zero-order valence-corrected chi connectivity index (χ0v) is 4.37. The van der Waals surface area contributed by atoms with Crippen molar-refractivity contribution in [2.45, 2.75) is 25.3 Å². The molecule has 0 amide bonds. The maximum absolute atomic E-state index is 4.45. The SMILES string of the molecule is S=NC1CCC1. The molecule has 34 valence electrons. The van der Waals surface area contributed by atoms with Crippen LogP contribution in [0, 0.1) is 0 Å². The molecule has 1 fully saturated rings. The molecule has 0 aliphatic heterocycles. The summed E-state index contributed by atoms with van der Waals surface area (Å²) < 4.78 is 3.68. The quantitative estimate of drug-likeness (QED) is 0.484. The van der Waals surface area contributed by atoms with Crippen LogP contribution in [0.15, 0.2) is 4.36 Å². The number of hydrogen-bond donors (Lipinski definition) is 0. The van der Waals surface area contributed by atoms with Gasteiger partial charge in [-0.05, 0) is 19.3 Å². The first-order chi connectivity index (χ1) is 2.93. The van der Waals surface area contributed by atoms with Crippen LogP contribution in [0.5, 0.6) is 0 Å². The monoisotopic (exact) mass is 101 g/mol. The van der Waals surface area contributed by atoms with Crippen LogP contribution in [0.4, 0.5) is 0 Å². The largest absolute Gasteiger partial charge is 0.216 e. The van der Waals surface area contributed by atoms with E-state index in [1.54, 1.807) is 0 Å². The van der Waals surface area contributed by atoms with Crippen molar-refractivity contribution >= 4 is 12.4 Å². The predicted octanol–water partition coefficient (Wildman–Crippen LogP) is 1.27. The van der Waals surface area contributed by atoms with E-state index in [0.717, 1.165) is 0 Å². The highest BCUT2D eigenvalue weighted by Crippen LogP contribution is 2.20. The van der Waals surface area contributed by atoms with Crippen molar-refractivity contribution in [3.8, 4) is 0 Å². The zero-order chi connectivity index (χ0) is 4.41. The standard InChI is InChI=1S/C4H7NS/c6-5-4-2-1-3-4/h4H,1-3H2. The van der Waals surface area contributed by atoms with Gasteiger partial charge in [0.2, 0.25) is 0 Å². The number of rotatable bonds is 1. The number of hydrogen-bond acceptors (Lipinski definition) is 2. The van der Waals surface area contributed by atoms with Crippen molar-refractivity contribution in [1.29, 1.82) is 0 Å². The van der Waals surface area contributed by atoms with E-state index in [9.17, 15) is 0 Å². The second kappa shape index (κ2) is 1.65. The summed E-state index contributed by atoms with van der Waals surface area (Å²) in [5, 5.41) is 0. The number of nitrogens with zero attached hydrogens (tertiary/aromatic N) is 1. The van der Waals surface area contributed by atoms with E-state index < -0.39 is 0 Å². The van der Waals surface area contributed by atoms with Crippen molar-refractivity contribution in [2.75, 3.05) is 0 Å². The normalized spacial score (nSPS) is 22.7.